The number of para-hydroxylation sites is 6. The molecule has 0 bridgehead atoms. The van der Waals surface area contributed by atoms with E-state index in [0.717, 1.165) is 45.0 Å². The molecule has 1 aliphatic heterocycles. The molecule has 0 spiro atoms. The van der Waals surface area contributed by atoms with E-state index in [-0.39, 0.29) is 11.6 Å². The van der Waals surface area contributed by atoms with Crippen LogP contribution in [-0.4, -0.2) is 9.55 Å². The number of rotatable bonds is 6. The van der Waals surface area contributed by atoms with Crippen molar-refractivity contribution in [1.82, 2.24) is 9.55 Å². The normalized spacial score (nSPS) is 14.7. The SMILES string of the molecule is CC1(C)c2ccccc2-c2cc3c(-c4cccc(-c5nc6ccccc6n5-c5ccccc5)c4)c4ccccc4c(-c4cccc(C5Nc6ccccc6N5c5ccccc5)c4)c3cc21. The lowest BCUT2D eigenvalue weighted by Crippen LogP contribution is -2.23. The van der Waals surface area contributed by atoms with Crippen LogP contribution in [0.2, 0.25) is 0 Å². The Morgan fingerprint density at radius 3 is 1.88 bits per heavy atom. The zero-order valence-corrected chi connectivity index (χ0v) is 36.2. The zero-order valence-electron chi connectivity index (χ0n) is 36.2. The van der Waals surface area contributed by atoms with Crippen molar-refractivity contribution >= 4 is 49.6 Å². The molecule has 1 aromatic heterocycles. The maximum atomic E-state index is 5.29. The summed E-state index contributed by atoms with van der Waals surface area (Å²) in [7, 11) is 0. The molecule has 0 fully saturated rings. The lowest BCUT2D eigenvalue weighted by Gasteiger charge is -2.28. The van der Waals surface area contributed by atoms with Crippen molar-refractivity contribution in [2.45, 2.75) is 25.4 Å². The van der Waals surface area contributed by atoms with Gasteiger partial charge in [0.2, 0.25) is 0 Å². The Morgan fingerprint density at radius 1 is 0.462 bits per heavy atom. The van der Waals surface area contributed by atoms with E-state index in [4.69, 9.17) is 4.98 Å². The smallest absolute Gasteiger partial charge is 0.145 e. The fourth-order valence-electron chi connectivity index (χ4n) is 11.0. The average molecular weight is 833 g/mol. The number of anilines is 3. The van der Waals surface area contributed by atoms with E-state index in [9.17, 15) is 0 Å². The van der Waals surface area contributed by atoms with E-state index in [2.05, 4.69) is 247 Å². The quantitative estimate of drug-likeness (QED) is 0.169. The van der Waals surface area contributed by atoms with Gasteiger partial charge in [0, 0.05) is 22.4 Å². The molecule has 0 amide bonds. The summed E-state index contributed by atoms with van der Waals surface area (Å²) in [6.07, 6.45) is -0.0907. The third kappa shape index (κ3) is 5.73. The number of fused-ring (bicyclic) bond motifs is 7. The molecule has 11 aromatic rings. The van der Waals surface area contributed by atoms with Gasteiger partial charge in [0.1, 0.15) is 12.0 Å². The number of benzene rings is 10. The van der Waals surface area contributed by atoms with Crippen LogP contribution in [0.5, 0.6) is 0 Å². The Balaban J connectivity index is 1.06. The van der Waals surface area contributed by atoms with Gasteiger partial charge < -0.3 is 10.2 Å². The lowest BCUT2D eigenvalue weighted by atomic mass is 9.79. The molecule has 1 aliphatic carbocycles. The molecule has 2 heterocycles. The summed E-state index contributed by atoms with van der Waals surface area (Å²) < 4.78 is 2.29. The number of nitrogens with zero attached hydrogens (tertiary/aromatic N) is 3. The van der Waals surface area contributed by atoms with Crippen molar-refractivity contribution in [1.29, 1.82) is 0 Å². The predicted molar refractivity (Wildman–Crippen MR) is 271 cm³/mol. The molecular weight excluding hydrogens is 789 g/mol. The van der Waals surface area contributed by atoms with Crippen molar-refractivity contribution in [2.75, 3.05) is 10.2 Å². The van der Waals surface area contributed by atoms with E-state index < -0.39 is 0 Å². The summed E-state index contributed by atoms with van der Waals surface area (Å²) in [5.74, 6) is 0.921. The number of nitrogens with one attached hydrogen (secondary N) is 1. The molecule has 308 valence electrons. The van der Waals surface area contributed by atoms with Gasteiger partial charge in [-0.15, -0.1) is 0 Å². The topological polar surface area (TPSA) is 33.1 Å². The van der Waals surface area contributed by atoms with E-state index in [0.29, 0.717) is 0 Å². The Labute approximate surface area is 378 Å². The molecule has 2 aliphatic rings. The Kier molecular flexibility index (Phi) is 8.28. The summed E-state index contributed by atoms with van der Waals surface area (Å²) in [6.45, 7) is 4.77. The molecule has 4 nitrogen and oxygen atoms in total. The van der Waals surface area contributed by atoms with Gasteiger partial charge in [-0.2, -0.15) is 0 Å². The van der Waals surface area contributed by atoms with Crippen LogP contribution in [0, 0.1) is 0 Å². The first kappa shape index (κ1) is 37.4. The first-order chi connectivity index (χ1) is 32.0. The van der Waals surface area contributed by atoms with Crippen molar-refractivity contribution in [3.05, 3.63) is 235 Å². The minimum absolute atomic E-state index is 0.0907. The highest BCUT2D eigenvalue weighted by atomic mass is 15.3. The maximum absolute atomic E-state index is 5.29. The van der Waals surface area contributed by atoms with Crippen LogP contribution in [0.3, 0.4) is 0 Å². The first-order valence-corrected chi connectivity index (χ1v) is 22.6. The fraction of sp³-hybridized carbons (Fsp3) is 0.0656. The predicted octanol–water partition coefficient (Wildman–Crippen LogP) is 15.9. The zero-order chi connectivity index (χ0) is 43.2. The molecule has 13 rings (SSSR count). The molecular formula is C61H44N4. The van der Waals surface area contributed by atoms with Crippen LogP contribution in [0.15, 0.2) is 218 Å². The average Bonchev–Trinajstić information content (AvgIpc) is 4.02. The van der Waals surface area contributed by atoms with Crippen LogP contribution >= 0.6 is 0 Å². The van der Waals surface area contributed by atoms with E-state index in [1.54, 1.807) is 0 Å². The van der Waals surface area contributed by atoms with Gasteiger partial charge in [-0.25, -0.2) is 4.98 Å². The molecule has 0 radical (unpaired) electrons. The van der Waals surface area contributed by atoms with Crippen LogP contribution < -0.4 is 10.2 Å². The van der Waals surface area contributed by atoms with Crippen molar-refractivity contribution in [3.8, 4) is 50.5 Å². The van der Waals surface area contributed by atoms with Crippen molar-refractivity contribution < 1.29 is 0 Å². The minimum atomic E-state index is -0.169. The summed E-state index contributed by atoms with van der Waals surface area (Å²) in [5.41, 5.74) is 18.9. The third-order valence-electron chi connectivity index (χ3n) is 14.0. The largest absolute Gasteiger partial charge is 0.359 e. The Bertz CT molecular complexity index is 3680. The van der Waals surface area contributed by atoms with Gasteiger partial charge in [-0.3, -0.25) is 4.57 Å². The van der Waals surface area contributed by atoms with Gasteiger partial charge in [0.05, 0.1) is 22.4 Å². The summed E-state index contributed by atoms with van der Waals surface area (Å²) in [4.78, 5) is 7.72. The summed E-state index contributed by atoms with van der Waals surface area (Å²) in [5, 5.41) is 8.83. The second-order valence-corrected chi connectivity index (χ2v) is 18.0. The minimum Gasteiger partial charge on any atom is -0.359 e. The summed E-state index contributed by atoms with van der Waals surface area (Å²) >= 11 is 0. The number of aromatic nitrogens is 2. The first-order valence-electron chi connectivity index (χ1n) is 22.6. The number of hydrogen-bond acceptors (Lipinski definition) is 3. The maximum Gasteiger partial charge on any atom is 0.145 e. The van der Waals surface area contributed by atoms with Crippen molar-refractivity contribution in [2.24, 2.45) is 0 Å². The van der Waals surface area contributed by atoms with Gasteiger partial charge in [-0.1, -0.05) is 159 Å². The third-order valence-corrected chi connectivity index (χ3v) is 14.0. The van der Waals surface area contributed by atoms with Crippen LogP contribution in [0.25, 0.3) is 83.0 Å². The van der Waals surface area contributed by atoms with Crippen LogP contribution in [-0.2, 0) is 5.41 Å². The van der Waals surface area contributed by atoms with Gasteiger partial charge >= 0.3 is 0 Å². The molecule has 1 N–H and O–H groups in total. The van der Waals surface area contributed by atoms with Crippen molar-refractivity contribution in [3.63, 3.8) is 0 Å². The van der Waals surface area contributed by atoms with Crippen LogP contribution in [0.4, 0.5) is 17.1 Å². The molecule has 65 heavy (non-hydrogen) atoms. The standard InChI is InChI=1S/C61H44N4/c1-61(2)51-30-12-11-27-45(51)48-37-49-50(38-52(48)61)58(40-20-18-22-42(36-40)60-63-54-32-14-16-34-56(54)65(60)44-25-7-4-8-26-44)47-29-10-9-28-46(47)57(49)39-19-17-21-41(35-39)59-62-53-31-13-15-33-55(53)64(59)43-23-5-3-6-24-43/h3-38,60,63H,1-2H3. The number of hydrogen-bond donors (Lipinski definition) is 1. The van der Waals surface area contributed by atoms with Gasteiger partial charge in [0.15, 0.2) is 0 Å². The van der Waals surface area contributed by atoms with Gasteiger partial charge in [-0.05, 0) is 144 Å². The Morgan fingerprint density at radius 2 is 1.08 bits per heavy atom. The van der Waals surface area contributed by atoms with E-state index in [1.807, 2.05) is 0 Å². The van der Waals surface area contributed by atoms with E-state index >= 15 is 0 Å². The molecule has 10 aromatic carbocycles. The van der Waals surface area contributed by atoms with E-state index in [1.165, 1.54) is 71.7 Å². The highest BCUT2D eigenvalue weighted by Gasteiger charge is 2.37. The fourth-order valence-corrected chi connectivity index (χ4v) is 11.0. The molecule has 0 saturated heterocycles. The second-order valence-electron chi connectivity index (χ2n) is 18.0. The second kappa shape index (κ2) is 14.4. The lowest BCUT2D eigenvalue weighted by molar-refractivity contribution is 0.661. The van der Waals surface area contributed by atoms with Gasteiger partial charge in [0.25, 0.3) is 0 Å². The van der Waals surface area contributed by atoms with Crippen LogP contribution in [0.1, 0.15) is 36.7 Å². The Hall–Kier alpha value is -8.21. The molecule has 1 atom stereocenters. The highest BCUT2D eigenvalue weighted by Crippen LogP contribution is 2.54. The monoisotopic (exact) mass is 832 g/mol. The summed E-state index contributed by atoms with van der Waals surface area (Å²) in [6, 6.07) is 79.7. The molecule has 0 saturated carbocycles. The highest BCUT2D eigenvalue weighted by molar-refractivity contribution is 6.22. The number of imidazole rings is 1. The molecule has 4 heteroatoms. The molecule has 1 unspecified atom stereocenters.